The number of nitrogens with zero attached hydrogens (tertiary/aromatic N) is 3. The van der Waals surface area contributed by atoms with E-state index in [2.05, 4.69) is 4.98 Å². The molecule has 5 rings (SSSR count). The van der Waals surface area contributed by atoms with Crippen molar-refractivity contribution in [3.05, 3.63) is 47.7 Å². The first-order chi connectivity index (χ1) is 20.9. The van der Waals surface area contributed by atoms with E-state index in [9.17, 15) is 36.6 Å². The number of carboxylic acids is 1. The van der Waals surface area contributed by atoms with Crippen LogP contribution in [0.15, 0.2) is 36.5 Å². The number of ether oxygens (including phenoxy) is 2. The minimum atomic E-state index is -5.76. The van der Waals surface area contributed by atoms with Crippen LogP contribution < -0.4 is 14.4 Å². The van der Waals surface area contributed by atoms with Gasteiger partial charge in [0.1, 0.15) is 5.75 Å². The summed E-state index contributed by atoms with van der Waals surface area (Å²) in [5.74, 6) is -5.44. The molecule has 2 aromatic rings. The van der Waals surface area contributed by atoms with Crippen molar-refractivity contribution in [3.8, 4) is 11.6 Å². The molecule has 1 unspecified atom stereocenters. The average Bonchev–Trinajstić information content (AvgIpc) is 3.91. The summed E-state index contributed by atoms with van der Waals surface area (Å²) in [6.45, 7) is -0.347. The third kappa shape index (κ3) is 7.52. The number of rotatable bonds is 13. The molecule has 8 nitrogen and oxygen atoms in total. The first-order valence-corrected chi connectivity index (χ1v) is 14.9. The summed E-state index contributed by atoms with van der Waals surface area (Å²) < 4.78 is 78.4. The smallest absolute Gasteiger partial charge is 0.455 e. The maximum absolute atomic E-state index is 14.0. The van der Waals surface area contributed by atoms with Gasteiger partial charge in [0, 0.05) is 37.5 Å². The lowest BCUT2D eigenvalue weighted by molar-refractivity contribution is -0.284. The van der Waals surface area contributed by atoms with E-state index in [0.29, 0.717) is 73.5 Å². The van der Waals surface area contributed by atoms with E-state index < -0.39 is 36.6 Å². The fourth-order valence-electron chi connectivity index (χ4n) is 5.81. The molecule has 0 spiro atoms. The van der Waals surface area contributed by atoms with Gasteiger partial charge >= 0.3 is 18.1 Å². The molecule has 1 atom stereocenters. The molecule has 3 fully saturated rings. The quantitative estimate of drug-likeness (QED) is 0.267. The Morgan fingerprint density at radius 2 is 1.75 bits per heavy atom. The van der Waals surface area contributed by atoms with E-state index in [-0.39, 0.29) is 23.8 Å². The van der Waals surface area contributed by atoms with Gasteiger partial charge in [-0.2, -0.15) is 22.0 Å². The zero-order valence-electron chi connectivity index (χ0n) is 24.4. The molecule has 0 bridgehead atoms. The van der Waals surface area contributed by atoms with Gasteiger partial charge in [-0.25, -0.2) is 4.98 Å². The largest absolute Gasteiger partial charge is 0.497 e. The number of carboxylic acid groups (broad SMARTS) is 1. The SMILES string of the molecule is COc1ccc(C(=O)N(CC(F)(F)C(F)(F)F)C2CC2)c(N2CCC(COc3cc(C(CC(=O)O)C4CC4)ccn3)CC2)c1. The van der Waals surface area contributed by atoms with E-state index in [1.54, 1.807) is 12.3 Å². The molecule has 240 valence electrons. The molecule has 1 aromatic heterocycles. The summed E-state index contributed by atoms with van der Waals surface area (Å²) in [7, 11) is 1.45. The summed E-state index contributed by atoms with van der Waals surface area (Å²) in [6, 6.07) is 7.51. The highest BCUT2D eigenvalue weighted by atomic mass is 19.4. The predicted octanol–water partition coefficient (Wildman–Crippen LogP) is 6.16. The van der Waals surface area contributed by atoms with Crippen molar-refractivity contribution in [2.75, 3.05) is 38.3 Å². The maximum atomic E-state index is 14.0. The number of alkyl halides is 5. The first kappa shape index (κ1) is 31.8. The second kappa shape index (κ2) is 12.8. The molecule has 2 saturated carbocycles. The van der Waals surface area contributed by atoms with Gasteiger partial charge in [0.2, 0.25) is 5.88 Å². The van der Waals surface area contributed by atoms with Crippen molar-refractivity contribution in [2.45, 2.75) is 69.0 Å². The lowest BCUT2D eigenvalue weighted by Crippen LogP contribution is -2.50. The van der Waals surface area contributed by atoms with Gasteiger partial charge in [0.15, 0.2) is 0 Å². The molecular weight excluding hydrogens is 589 g/mol. The molecule has 1 aromatic carbocycles. The van der Waals surface area contributed by atoms with Crippen LogP contribution in [0.2, 0.25) is 0 Å². The number of hydrogen-bond acceptors (Lipinski definition) is 6. The summed E-state index contributed by atoms with van der Waals surface area (Å²) in [4.78, 5) is 31.7. The molecule has 1 aliphatic heterocycles. The zero-order chi connectivity index (χ0) is 31.6. The fourth-order valence-corrected chi connectivity index (χ4v) is 5.81. The van der Waals surface area contributed by atoms with Crippen LogP contribution in [0.5, 0.6) is 11.6 Å². The highest BCUT2D eigenvalue weighted by molar-refractivity contribution is 6.00. The summed E-state index contributed by atoms with van der Waals surface area (Å²) in [6.07, 6.45) is 0.0272. The molecule has 1 N–H and O–H groups in total. The number of carbonyl (C=O) groups is 2. The molecule has 2 aliphatic carbocycles. The zero-order valence-corrected chi connectivity index (χ0v) is 24.4. The first-order valence-electron chi connectivity index (χ1n) is 14.9. The van der Waals surface area contributed by atoms with Crippen LogP contribution in [0.3, 0.4) is 0 Å². The molecule has 0 radical (unpaired) electrons. The number of aliphatic carboxylic acids is 1. The Morgan fingerprint density at radius 1 is 1.05 bits per heavy atom. The van der Waals surface area contributed by atoms with E-state index in [4.69, 9.17) is 9.47 Å². The van der Waals surface area contributed by atoms with Gasteiger partial charge in [0.05, 0.1) is 37.9 Å². The standard InChI is InChI=1S/C31H36F5N3O5/c1-43-23-6-7-24(29(42)39(22-4-5-22)18-30(32,33)31(34,35)36)26(15-23)38-12-9-19(10-13-38)17-44-27-14-21(8-11-37-27)25(16-28(40)41)20-2-3-20/h6-8,11,14-15,19-20,22,25H,2-5,9-10,12-13,16-18H2,1H3,(H,40,41). The monoisotopic (exact) mass is 625 g/mol. The molecule has 1 saturated heterocycles. The molecule has 2 heterocycles. The lowest BCUT2D eigenvalue weighted by Gasteiger charge is -2.35. The lowest BCUT2D eigenvalue weighted by atomic mass is 9.92. The van der Waals surface area contributed by atoms with Crippen molar-refractivity contribution in [2.24, 2.45) is 11.8 Å². The van der Waals surface area contributed by atoms with Crippen molar-refractivity contribution in [3.63, 3.8) is 0 Å². The van der Waals surface area contributed by atoms with Gasteiger partial charge in [-0.1, -0.05) is 0 Å². The Hall–Kier alpha value is -3.64. The number of anilines is 1. The van der Waals surface area contributed by atoms with E-state index in [1.807, 2.05) is 17.0 Å². The van der Waals surface area contributed by atoms with Crippen molar-refractivity contribution < 1.29 is 46.1 Å². The van der Waals surface area contributed by atoms with Gasteiger partial charge in [-0.05, 0) is 80.0 Å². The Morgan fingerprint density at radius 3 is 2.34 bits per heavy atom. The Bertz CT molecular complexity index is 1340. The van der Waals surface area contributed by atoms with Gasteiger partial charge < -0.3 is 24.4 Å². The van der Waals surface area contributed by atoms with Crippen LogP contribution in [0.4, 0.5) is 27.6 Å². The number of hydrogen-bond donors (Lipinski definition) is 1. The number of carbonyl (C=O) groups excluding carboxylic acids is 1. The second-order valence-corrected chi connectivity index (χ2v) is 12.0. The van der Waals surface area contributed by atoms with Gasteiger partial charge in [-0.3, -0.25) is 9.59 Å². The highest BCUT2D eigenvalue weighted by Crippen LogP contribution is 2.45. The summed E-state index contributed by atoms with van der Waals surface area (Å²) in [5, 5.41) is 9.32. The third-order valence-corrected chi connectivity index (χ3v) is 8.66. The Labute approximate surface area is 252 Å². The second-order valence-electron chi connectivity index (χ2n) is 12.0. The minimum Gasteiger partial charge on any atom is -0.497 e. The minimum absolute atomic E-state index is 0.0537. The number of piperidine rings is 1. The number of aromatic nitrogens is 1. The van der Waals surface area contributed by atoms with Gasteiger partial charge in [-0.15, -0.1) is 0 Å². The van der Waals surface area contributed by atoms with Crippen LogP contribution in [0, 0.1) is 11.8 Å². The molecule has 1 amide bonds. The molecule has 13 heteroatoms. The van der Waals surface area contributed by atoms with Crippen molar-refractivity contribution in [1.29, 1.82) is 0 Å². The molecular formula is C31H36F5N3O5. The van der Waals surface area contributed by atoms with E-state index in [1.165, 1.54) is 19.2 Å². The van der Waals surface area contributed by atoms with Crippen LogP contribution in [0.25, 0.3) is 0 Å². The van der Waals surface area contributed by atoms with Crippen molar-refractivity contribution >= 4 is 17.6 Å². The molecule has 3 aliphatic rings. The van der Waals surface area contributed by atoms with E-state index in [0.717, 1.165) is 18.4 Å². The summed E-state index contributed by atoms with van der Waals surface area (Å²) in [5.41, 5.74) is 1.38. The number of methoxy groups -OCH3 is 1. The van der Waals surface area contributed by atoms with Crippen LogP contribution >= 0.6 is 0 Å². The Balaban J connectivity index is 1.24. The van der Waals surface area contributed by atoms with Gasteiger partial charge in [0.25, 0.3) is 5.91 Å². The fraction of sp³-hybridized carbons (Fsp3) is 0.581. The predicted molar refractivity (Wildman–Crippen MR) is 150 cm³/mol. The summed E-state index contributed by atoms with van der Waals surface area (Å²) >= 11 is 0. The maximum Gasteiger partial charge on any atom is 0.455 e. The van der Waals surface area contributed by atoms with Crippen LogP contribution in [-0.2, 0) is 4.79 Å². The highest BCUT2D eigenvalue weighted by Gasteiger charge is 2.59. The number of benzene rings is 1. The van der Waals surface area contributed by atoms with E-state index >= 15 is 0 Å². The topological polar surface area (TPSA) is 92.2 Å². The molecule has 44 heavy (non-hydrogen) atoms. The van der Waals surface area contributed by atoms with Crippen LogP contribution in [0.1, 0.15) is 66.8 Å². The third-order valence-electron chi connectivity index (χ3n) is 8.66. The van der Waals surface area contributed by atoms with Crippen molar-refractivity contribution in [1.82, 2.24) is 9.88 Å². The Kier molecular flexibility index (Phi) is 9.22. The van der Waals surface area contributed by atoms with Crippen LogP contribution in [-0.4, -0.2) is 78.4 Å². The normalized spacial score (nSPS) is 18.5. The number of pyridine rings is 1. The number of amides is 1. The average molecular weight is 626 g/mol. The number of halogens is 5.